The van der Waals surface area contributed by atoms with Crippen LogP contribution in [0.1, 0.15) is 32.3 Å². The molecule has 1 aromatic heterocycles. The average molecular weight is 345 g/mol. The Bertz CT molecular complexity index is 855. The van der Waals surface area contributed by atoms with E-state index in [-0.39, 0.29) is 11.3 Å². The van der Waals surface area contributed by atoms with E-state index in [1.165, 1.54) is 6.20 Å². The number of H-pyrrole nitrogens is 1. The average Bonchev–Trinajstić information content (AvgIpc) is 3.10. The van der Waals surface area contributed by atoms with Crippen LogP contribution in [0, 0.1) is 0 Å². The molecule has 0 unspecified atom stereocenters. The zero-order valence-electron chi connectivity index (χ0n) is 14.2. The Kier molecular flexibility index (Phi) is 4.72. The molecule has 132 valence electrons. The van der Waals surface area contributed by atoms with Gasteiger partial charge in [-0.05, 0) is 36.1 Å². The highest BCUT2D eigenvalue weighted by molar-refractivity contribution is 5.92. The lowest BCUT2D eigenvalue weighted by Gasteiger charge is -2.27. The molecule has 0 amide bonds. The Labute approximate surface area is 145 Å². The number of nitrogens with two attached hydrogens (primary N) is 1. The molecule has 3 N–H and O–H groups in total. The molecule has 0 saturated carbocycles. The van der Waals surface area contributed by atoms with E-state index in [4.69, 9.17) is 10.5 Å². The highest BCUT2D eigenvalue weighted by atomic mass is 19.3. The summed E-state index contributed by atoms with van der Waals surface area (Å²) in [5.74, 6) is 0.124. The number of nitrogens with zero attached hydrogens (tertiary/aromatic N) is 1. The topological polar surface area (TPSA) is 63.9 Å². The predicted octanol–water partition coefficient (Wildman–Crippen LogP) is 4.81. The first-order chi connectivity index (χ1) is 12.0. The van der Waals surface area contributed by atoms with E-state index in [9.17, 15) is 8.78 Å². The summed E-state index contributed by atoms with van der Waals surface area (Å²) in [7, 11) is 0. The molecule has 0 aliphatic heterocycles. The van der Waals surface area contributed by atoms with Gasteiger partial charge in [0.15, 0.2) is 0 Å². The fourth-order valence-corrected chi connectivity index (χ4v) is 3.07. The van der Waals surface area contributed by atoms with Crippen LogP contribution < -0.4 is 10.5 Å². The van der Waals surface area contributed by atoms with Gasteiger partial charge in [-0.15, -0.1) is 0 Å². The van der Waals surface area contributed by atoms with Crippen LogP contribution in [0.5, 0.6) is 5.75 Å². The summed E-state index contributed by atoms with van der Waals surface area (Å²) in [6, 6.07) is 11.2. The lowest BCUT2D eigenvalue weighted by molar-refractivity contribution is -0.0484. The second kappa shape index (κ2) is 6.80. The molecule has 0 saturated heterocycles. The molecule has 0 aliphatic carbocycles. The third-order valence-corrected chi connectivity index (χ3v) is 4.81. The summed E-state index contributed by atoms with van der Waals surface area (Å²) in [6.45, 7) is 1.20. The van der Waals surface area contributed by atoms with E-state index in [1.54, 1.807) is 12.1 Å². The van der Waals surface area contributed by atoms with Gasteiger partial charge in [-0.25, -0.2) is 0 Å². The fourth-order valence-electron chi connectivity index (χ4n) is 3.07. The largest absolute Gasteiger partial charge is 0.433 e. The van der Waals surface area contributed by atoms with Crippen molar-refractivity contribution in [2.45, 2.75) is 38.8 Å². The molecule has 3 aromatic rings. The van der Waals surface area contributed by atoms with Gasteiger partial charge in [-0.3, -0.25) is 5.10 Å². The highest BCUT2D eigenvalue weighted by Crippen LogP contribution is 2.38. The number of benzene rings is 2. The van der Waals surface area contributed by atoms with Gasteiger partial charge in [-0.1, -0.05) is 38.1 Å². The van der Waals surface area contributed by atoms with E-state index >= 15 is 0 Å². The van der Waals surface area contributed by atoms with Crippen LogP contribution in [0.2, 0.25) is 0 Å². The number of hydrogen-bond acceptors (Lipinski definition) is 3. The summed E-state index contributed by atoms with van der Waals surface area (Å²) in [4.78, 5) is 0. The number of alkyl halides is 2. The van der Waals surface area contributed by atoms with Crippen molar-refractivity contribution in [2.24, 2.45) is 5.73 Å². The van der Waals surface area contributed by atoms with Crippen LogP contribution in [0.25, 0.3) is 22.0 Å². The van der Waals surface area contributed by atoms with Gasteiger partial charge < -0.3 is 10.5 Å². The maximum atomic E-state index is 12.9. The first-order valence-corrected chi connectivity index (χ1v) is 8.29. The number of halogens is 2. The standard InChI is InChI=1S/C19H21F2N3O/c1-3-19(22,4-2)13-7-5-12(6-8-13)14-9-10-16-15(11-23-24-16)17(14)25-18(20)21/h5-11,18H,3-4,22H2,1-2H3,(H,23,24). The lowest BCUT2D eigenvalue weighted by atomic mass is 9.85. The Morgan fingerprint density at radius 1 is 1.12 bits per heavy atom. The molecule has 6 heteroatoms. The van der Waals surface area contributed by atoms with E-state index < -0.39 is 6.61 Å². The summed E-state index contributed by atoms with van der Waals surface area (Å²) in [6.07, 6.45) is 3.14. The van der Waals surface area contributed by atoms with Gasteiger partial charge in [0.2, 0.25) is 0 Å². The quantitative estimate of drug-likeness (QED) is 0.674. The van der Waals surface area contributed by atoms with Crippen molar-refractivity contribution in [3.05, 3.63) is 48.2 Å². The summed E-state index contributed by atoms with van der Waals surface area (Å²) in [5, 5.41) is 7.20. The molecule has 4 nitrogen and oxygen atoms in total. The van der Waals surface area contributed by atoms with Crippen LogP contribution in [-0.2, 0) is 5.54 Å². The zero-order chi connectivity index (χ0) is 18.0. The van der Waals surface area contributed by atoms with Gasteiger partial charge >= 0.3 is 6.61 Å². The molecule has 0 fully saturated rings. The molecular weight excluding hydrogens is 324 g/mol. The number of hydrogen-bond donors (Lipinski definition) is 2. The lowest BCUT2D eigenvalue weighted by Crippen LogP contribution is -2.34. The summed E-state index contributed by atoms with van der Waals surface area (Å²) in [5.41, 5.74) is 9.11. The first-order valence-electron chi connectivity index (χ1n) is 8.29. The Balaban J connectivity index is 2.07. The van der Waals surface area contributed by atoms with Gasteiger partial charge in [0.05, 0.1) is 17.1 Å². The zero-order valence-corrected chi connectivity index (χ0v) is 14.2. The molecule has 0 bridgehead atoms. The van der Waals surface area contributed by atoms with Crippen LogP contribution in [-0.4, -0.2) is 16.8 Å². The molecule has 2 aromatic carbocycles. The summed E-state index contributed by atoms with van der Waals surface area (Å²) >= 11 is 0. The molecule has 0 aliphatic rings. The van der Waals surface area contributed by atoms with E-state index in [0.29, 0.717) is 16.5 Å². The number of aromatic nitrogens is 2. The third-order valence-electron chi connectivity index (χ3n) is 4.81. The maximum Gasteiger partial charge on any atom is 0.387 e. The molecule has 0 atom stereocenters. The minimum Gasteiger partial charge on any atom is -0.433 e. The van der Waals surface area contributed by atoms with Gasteiger partial charge in [0, 0.05) is 11.1 Å². The van der Waals surface area contributed by atoms with Crippen molar-refractivity contribution in [1.82, 2.24) is 10.2 Å². The third kappa shape index (κ3) is 3.22. The monoisotopic (exact) mass is 345 g/mol. The normalized spacial score (nSPS) is 12.1. The van der Waals surface area contributed by atoms with Crippen molar-refractivity contribution in [3.8, 4) is 16.9 Å². The van der Waals surface area contributed by atoms with Crippen LogP contribution in [0.15, 0.2) is 42.6 Å². The molecule has 0 spiro atoms. The van der Waals surface area contributed by atoms with Crippen molar-refractivity contribution >= 4 is 10.9 Å². The number of rotatable bonds is 6. The second-order valence-corrected chi connectivity index (χ2v) is 6.09. The molecule has 0 radical (unpaired) electrons. The van der Waals surface area contributed by atoms with Crippen LogP contribution in [0.4, 0.5) is 8.78 Å². The van der Waals surface area contributed by atoms with Crippen LogP contribution in [0.3, 0.4) is 0 Å². The number of ether oxygens (including phenoxy) is 1. The van der Waals surface area contributed by atoms with Crippen molar-refractivity contribution in [3.63, 3.8) is 0 Å². The second-order valence-electron chi connectivity index (χ2n) is 6.09. The van der Waals surface area contributed by atoms with E-state index in [2.05, 4.69) is 24.0 Å². The minimum absolute atomic E-state index is 0.124. The smallest absolute Gasteiger partial charge is 0.387 e. The van der Waals surface area contributed by atoms with E-state index in [1.807, 2.05) is 24.3 Å². The van der Waals surface area contributed by atoms with Crippen molar-refractivity contribution in [2.75, 3.05) is 0 Å². The number of fused-ring (bicyclic) bond motifs is 1. The molecule has 1 heterocycles. The number of nitrogens with one attached hydrogen (secondary N) is 1. The summed E-state index contributed by atoms with van der Waals surface area (Å²) < 4.78 is 30.6. The molecule has 3 rings (SSSR count). The molecule has 25 heavy (non-hydrogen) atoms. The number of aromatic amines is 1. The van der Waals surface area contributed by atoms with E-state index in [0.717, 1.165) is 24.0 Å². The first kappa shape index (κ1) is 17.4. The Hall–Kier alpha value is -2.47. The van der Waals surface area contributed by atoms with Gasteiger partial charge in [-0.2, -0.15) is 13.9 Å². The predicted molar refractivity (Wildman–Crippen MR) is 94.6 cm³/mol. The minimum atomic E-state index is -2.91. The van der Waals surface area contributed by atoms with Crippen LogP contribution >= 0.6 is 0 Å². The maximum absolute atomic E-state index is 12.9. The van der Waals surface area contributed by atoms with Crippen molar-refractivity contribution in [1.29, 1.82) is 0 Å². The van der Waals surface area contributed by atoms with Gasteiger partial charge in [0.25, 0.3) is 0 Å². The SMILES string of the molecule is CCC(N)(CC)c1ccc(-c2ccc3[nH]ncc3c2OC(F)F)cc1. The molecular formula is C19H21F2N3O. The van der Waals surface area contributed by atoms with Crippen molar-refractivity contribution < 1.29 is 13.5 Å². The highest BCUT2D eigenvalue weighted by Gasteiger charge is 2.23. The Morgan fingerprint density at radius 2 is 1.80 bits per heavy atom. The fraction of sp³-hybridized carbons (Fsp3) is 0.316. The Morgan fingerprint density at radius 3 is 2.40 bits per heavy atom. The van der Waals surface area contributed by atoms with Gasteiger partial charge in [0.1, 0.15) is 5.75 Å².